The standard InChI is InChI=1S/C57H55N/c1-4-38-33-41(5-2)57(42(6-3)34-38)53-26-12-10-23-49(53)51-36-44(28-30-54(51)57)58(43-20-15-19-40(35-43)47-24-16-18-39-17-7-8-21-46(39)47)45-27-29-50-48-22-9-11-25-52(48)56(55(50)37-45)31-13-14-32-56/h7-12,15-30,35-38,41-42H,4-6,13-14,31-34H2,1-3H3. The summed E-state index contributed by atoms with van der Waals surface area (Å²) in [6.45, 7) is 7.33. The van der Waals surface area contributed by atoms with Gasteiger partial charge in [0.2, 0.25) is 0 Å². The maximum absolute atomic E-state index is 2.58. The number of fused-ring (bicyclic) bond motifs is 11. The van der Waals surface area contributed by atoms with Gasteiger partial charge in [0, 0.05) is 27.9 Å². The first-order valence-corrected chi connectivity index (χ1v) is 22.5. The summed E-state index contributed by atoms with van der Waals surface area (Å²) in [6.07, 6.45) is 11.4. The van der Waals surface area contributed by atoms with E-state index in [-0.39, 0.29) is 10.8 Å². The van der Waals surface area contributed by atoms with E-state index in [1.807, 2.05) is 0 Å². The predicted octanol–water partition coefficient (Wildman–Crippen LogP) is 16.0. The van der Waals surface area contributed by atoms with Gasteiger partial charge in [0.05, 0.1) is 0 Å². The van der Waals surface area contributed by atoms with E-state index in [0.29, 0.717) is 11.8 Å². The van der Waals surface area contributed by atoms with E-state index in [0.717, 1.165) is 5.92 Å². The van der Waals surface area contributed by atoms with E-state index in [1.165, 1.54) is 130 Å². The van der Waals surface area contributed by atoms with Crippen LogP contribution in [0, 0.1) is 17.8 Å². The van der Waals surface area contributed by atoms with Gasteiger partial charge in [-0.05, 0) is 146 Å². The number of hydrogen-bond acceptors (Lipinski definition) is 1. The lowest BCUT2D eigenvalue weighted by Crippen LogP contribution is -2.47. The van der Waals surface area contributed by atoms with Gasteiger partial charge >= 0.3 is 0 Å². The van der Waals surface area contributed by atoms with Gasteiger partial charge in [0.15, 0.2) is 0 Å². The summed E-state index contributed by atoms with van der Waals surface area (Å²) in [6, 6.07) is 58.7. The van der Waals surface area contributed by atoms with Crippen molar-refractivity contribution in [2.45, 2.75) is 89.4 Å². The molecule has 58 heavy (non-hydrogen) atoms. The minimum atomic E-state index is 0.0624. The highest BCUT2D eigenvalue weighted by Crippen LogP contribution is 2.64. The zero-order valence-electron chi connectivity index (χ0n) is 34.5. The molecular weight excluding hydrogens is 699 g/mol. The molecular formula is C57H55N. The normalized spacial score (nSPS) is 22.2. The van der Waals surface area contributed by atoms with Crippen molar-refractivity contribution in [3.63, 3.8) is 0 Å². The van der Waals surface area contributed by atoms with Crippen molar-refractivity contribution in [1.29, 1.82) is 0 Å². The SMILES string of the molecule is CCC1CC(CC)C2(c3ccccc3-c3cc(N(c4cccc(-c5cccc6ccccc56)c4)c4ccc5c(c4)C4(CCCC4)c4ccccc4-5)ccc32)C(CC)C1. The summed E-state index contributed by atoms with van der Waals surface area (Å²) in [5.74, 6) is 2.09. The molecule has 0 amide bonds. The molecule has 0 saturated heterocycles. The molecule has 2 unspecified atom stereocenters. The Morgan fingerprint density at radius 1 is 0.466 bits per heavy atom. The van der Waals surface area contributed by atoms with Crippen LogP contribution in [0.3, 0.4) is 0 Å². The Bertz CT molecular complexity index is 2670. The summed E-state index contributed by atoms with van der Waals surface area (Å²) in [5, 5.41) is 2.57. The third kappa shape index (κ3) is 5.08. The summed E-state index contributed by atoms with van der Waals surface area (Å²) in [5.41, 5.74) is 18.3. The summed E-state index contributed by atoms with van der Waals surface area (Å²) >= 11 is 0. The smallest absolute Gasteiger partial charge is 0.0468 e. The second-order valence-electron chi connectivity index (χ2n) is 18.1. The van der Waals surface area contributed by atoms with Gasteiger partial charge in [-0.15, -0.1) is 0 Å². The molecule has 7 aromatic carbocycles. The van der Waals surface area contributed by atoms with Crippen LogP contribution in [0.2, 0.25) is 0 Å². The highest BCUT2D eigenvalue weighted by atomic mass is 15.1. The molecule has 1 heteroatoms. The minimum absolute atomic E-state index is 0.0624. The quantitative estimate of drug-likeness (QED) is 0.157. The van der Waals surface area contributed by atoms with Gasteiger partial charge < -0.3 is 4.90 Å². The third-order valence-corrected chi connectivity index (χ3v) is 15.6. The van der Waals surface area contributed by atoms with Gasteiger partial charge in [0.1, 0.15) is 0 Å². The zero-order valence-corrected chi connectivity index (χ0v) is 34.5. The van der Waals surface area contributed by atoms with Crippen molar-refractivity contribution in [2.75, 3.05) is 4.90 Å². The van der Waals surface area contributed by atoms with Crippen molar-refractivity contribution in [3.05, 3.63) is 174 Å². The topological polar surface area (TPSA) is 3.24 Å². The molecule has 4 aliphatic carbocycles. The number of rotatable bonds is 7. The molecule has 0 heterocycles. The average molecular weight is 754 g/mol. The highest BCUT2D eigenvalue weighted by Gasteiger charge is 2.55. The van der Waals surface area contributed by atoms with Crippen LogP contribution in [0.25, 0.3) is 44.2 Å². The summed E-state index contributed by atoms with van der Waals surface area (Å²) in [4.78, 5) is 2.58. The number of hydrogen-bond donors (Lipinski definition) is 0. The first-order chi connectivity index (χ1) is 28.6. The maximum Gasteiger partial charge on any atom is 0.0468 e. The molecule has 11 rings (SSSR count). The Balaban J connectivity index is 1.13. The van der Waals surface area contributed by atoms with E-state index in [2.05, 4.69) is 177 Å². The fourth-order valence-electron chi connectivity index (χ4n) is 13.1. The van der Waals surface area contributed by atoms with Crippen molar-refractivity contribution >= 4 is 27.8 Å². The van der Waals surface area contributed by atoms with E-state index < -0.39 is 0 Å². The zero-order chi connectivity index (χ0) is 39.0. The largest absolute Gasteiger partial charge is 0.310 e. The van der Waals surface area contributed by atoms with Crippen LogP contribution in [0.4, 0.5) is 17.1 Å². The average Bonchev–Trinajstić information content (AvgIpc) is 3.97. The van der Waals surface area contributed by atoms with Crippen LogP contribution in [0.15, 0.2) is 152 Å². The minimum Gasteiger partial charge on any atom is -0.310 e. The molecule has 0 aliphatic heterocycles. The Hall–Kier alpha value is -5.40. The second-order valence-corrected chi connectivity index (χ2v) is 18.1. The molecule has 1 nitrogen and oxygen atoms in total. The van der Waals surface area contributed by atoms with Crippen LogP contribution in [-0.4, -0.2) is 0 Å². The summed E-state index contributed by atoms with van der Waals surface area (Å²) in [7, 11) is 0. The van der Waals surface area contributed by atoms with Gasteiger partial charge in [-0.25, -0.2) is 0 Å². The Kier molecular flexibility index (Phi) is 8.55. The molecule has 2 saturated carbocycles. The fraction of sp³-hybridized carbons (Fsp3) is 0.298. The molecule has 288 valence electrons. The van der Waals surface area contributed by atoms with Crippen molar-refractivity contribution in [2.24, 2.45) is 17.8 Å². The van der Waals surface area contributed by atoms with Gasteiger partial charge in [-0.3, -0.25) is 0 Å². The first-order valence-electron chi connectivity index (χ1n) is 22.5. The molecule has 2 atom stereocenters. The Morgan fingerprint density at radius 2 is 1.05 bits per heavy atom. The summed E-state index contributed by atoms with van der Waals surface area (Å²) < 4.78 is 0. The van der Waals surface area contributed by atoms with Crippen LogP contribution in [-0.2, 0) is 10.8 Å². The van der Waals surface area contributed by atoms with Crippen molar-refractivity contribution in [3.8, 4) is 33.4 Å². The first kappa shape index (κ1) is 35.7. The van der Waals surface area contributed by atoms with Crippen LogP contribution in [0.1, 0.15) is 101 Å². The van der Waals surface area contributed by atoms with E-state index in [9.17, 15) is 0 Å². The van der Waals surface area contributed by atoms with Crippen LogP contribution < -0.4 is 4.90 Å². The van der Waals surface area contributed by atoms with Gasteiger partial charge in [-0.2, -0.15) is 0 Å². The van der Waals surface area contributed by atoms with Gasteiger partial charge in [0.25, 0.3) is 0 Å². The molecule has 7 aromatic rings. The lowest BCUT2D eigenvalue weighted by atomic mass is 9.52. The van der Waals surface area contributed by atoms with Crippen molar-refractivity contribution < 1.29 is 0 Å². The maximum atomic E-state index is 2.58. The predicted molar refractivity (Wildman–Crippen MR) is 246 cm³/mol. The lowest BCUT2D eigenvalue weighted by Gasteiger charge is -2.51. The third-order valence-electron chi connectivity index (χ3n) is 15.6. The van der Waals surface area contributed by atoms with E-state index in [1.54, 1.807) is 11.1 Å². The Labute approximate surface area is 345 Å². The molecule has 0 bridgehead atoms. The fourth-order valence-corrected chi connectivity index (χ4v) is 13.1. The van der Waals surface area contributed by atoms with E-state index in [4.69, 9.17) is 0 Å². The monoisotopic (exact) mass is 753 g/mol. The highest BCUT2D eigenvalue weighted by molar-refractivity contribution is 5.98. The number of anilines is 3. The molecule has 2 fully saturated rings. The lowest BCUT2D eigenvalue weighted by molar-refractivity contribution is 0.0905. The Morgan fingerprint density at radius 3 is 1.83 bits per heavy atom. The number of nitrogens with zero attached hydrogens (tertiary/aromatic N) is 1. The molecule has 0 radical (unpaired) electrons. The van der Waals surface area contributed by atoms with Crippen molar-refractivity contribution in [1.82, 2.24) is 0 Å². The molecule has 0 N–H and O–H groups in total. The molecule has 2 spiro atoms. The number of benzene rings is 7. The molecule has 4 aliphatic rings. The van der Waals surface area contributed by atoms with Crippen LogP contribution >= 0.6 is 0 Å². The van der Waals surface area contributed by atoms with Crippen LogP contribution in [0.5, 0.6) is 0 Å². The second kappa shape index (κ2) is 13.9. The van der Waals surface area contributed by atoms with E-state index >= 15 is 0 Å². The van der Waals surface area contributed by atoms with Gasteiger partial charge in [-0.1, -0.05) is 168 Å². The molecule has 0 aromatic heterocycles.